The zero-order valence-corrected chi connectivity index (χ0v) is 11.1. The Hall–Kier alpha value is -0.610. The zero-order chi connectivity index (χ0) is 12.7. The first kappa shape index (κ1) is 14.5. The van der Waals surface area contributed by atoms with Crippen LogP contribution in [0.15, 0.2) is 0 Å². The number of amides is 1. The maximum Gasteiger partial charge on any atom is 0.246 e. The molecule has 0 aromatic carbocycles. The summed E-state index contributed by atoms with van der Waals surface area (Å²) in [7, 11) is 0. The molecule has 1 saturated carbocycles. The summed E-state index contributed by atoms with van der Waals surface area (Å²) in [5, 5.41) is 2.94. The number of nitrogens with two attached hydrogens (primary N) is 1. The summed E-state index contributed by atoms with van der Waals surface area (Å²) < 4.78 is 5.60. The third-order valence-electron chi connectivity index (χ3n) is 3.25. The molecule has 4 heteroatoms. The first-order valence-corrected chi connectivity index (χ1v) is 6.78. The van der Waals surface area contributed by atoms with Gasteiger partial charge in [-0.25, -0.2) is 0 Å². The van der Waals surface area contributed by atoms with Crippen LogP contribution in [0.3, 0.4) is 0 Å². The van der Waals surface area contributed by atoms with E-state index in [0.29, 0.717) is 0 Å². The van der Waals surface area contributed by atoms with Crippen LogP contribution in [0, 0.1) is 0 Å². The number of ether oxygens (including phenoxy) is 1. The van der Waals surface area contributed by atoms with Crippen molar-refractivity contribution in [1.29, 1.82) is 0 Å². The monoisotopic (exact) mass is 242 g/mol. The Morgan fingerprint density at radius 1 is 1.53 bits per heavy atom. The Morgan fingerprint density at radius 2 is 2.29 bits per heavy atom. The third-order valence-corrected chi connectivity index (χ3v) is 3.25. The molecule has 1 fully saturated rings. The highest BCUT2D eigenvalue weighted by atomic mass is 16.5. The molecule has 3 N–H and O–H groups in total. The number of hydrogen-bond acceptors (Lipinski definition) is 3. The van der Waals surface area contributed by atoms with Crippen LogP contribution >= 0.6 is 0 Å². The van der Waals surface area contributed by atoms with Crippen LogP contribution in [-0.2, 0) is 9.53 Å². The van der Waals surface area contributed by atoms with Crippen LogP contribution < -0.4 is 11.1 Å². The van der Waals surface area contributed by atoms with Gasteiger partial charge < -0.3 is 15.8 Å². The van der Waals surface area contributed by atoms with E-state index in [1.807, 2.05) is 6.92 Å². The van der Waals surface area contributed by atoms with Crippen LogP contribution in [0.1, 0.15) is 52.4 Å². The second-order valence-corrected chi connectivity index (χ2v) is 5.12. The lowest BCUT2D eigenvalue weighted by atomic mass is 9.94. The SMILES string of the molecule is CCCC(C)NC(=O)COC1CCCC(N)C1. The normalized spacial score (nSPS) is 26.5. The van der Waals surface area contributed by atoms with Crippen molar-refractivity contribution in [1.82, 2.24) is 5.32 Å². The van der Waals surface area contributed by atoms with Gasteiger partial charge in [-0.1, -0.05) is 13.3 Å². The lowest BCUT2D eigenvalue weighted by Crippen LogP contribution is -2.38. The standard InChI is InChI=1S/C13H26N2O2/c1-3-5-10(2)15-13(16)9-17-12-7-4-6-11(14)8-12/h10-12H,3-9,14H2,1-2H3,(H,15,16). The van der Waals surface area contributed by atoms with E-state index >= 15 is 0 Å². The Balaban J connectivity index is 2.14. The van der Waals surface area contributed by atoms with Gasteiger partial charge in [-0.05, 0) is 39.0 Å². The zero-order valence-electron chi connectivity index (χ0n) is 11.1. The van der Waals surface area contributed by atoms with Gasteiger partial charge in [0, 0.05) is 12.1 Å². The van der Waals surface area contributed by atoms with Crippen molar-refractivity contribution in [3.63, 3.8) is 0 Å². The molecule has 0 heterocycles. The molecule has 0 spiro atoms. The van der Waals surface area contributed by atoms with Gasteiger partial charge in [0.05, 0.1) is 6.10 Å². The summed E-state index contributed by atoms with van der Waals surface area (Å²) >= 11 is 0. The number of carbonyl (C=O) groups excluding carboxylic acids is 1. The Kier molecular flexibility index (Phi) is 6.52. The van der Waals surface area contributed by atoms with Crippen LogP contribution in [0.5, 0.6) is 0 Å². The molecule has 1 rings (SSSR count). The van der Waals surface area contributed by atoms with E-state index < -0.39 is 0 Å². The number of rotatable bonds is 6. The van der Waals surface area contributed by atoms with Gasteiger partial charge in [0.1, 0.15) is 6.61 Å². The number of carbonyl (C=O) groups is 1. The lowest BCUT2D eigenvalue weighted by molar-refractivity contribution is -0.129. The van der Waals surface area contributed by atoms with Crippen molar-refractivity contribution in [2.75, 3.05) is 6.61 Å². The van der Waals surface area contributed by atoms with E-state index in [1.54, 1.807) is 0 Å². The topological polar surface area (TPSA) is 64.3 Å². The van der Waals surface area contributed by atoms with Crippen molar-refractivity contribution in [3.05, 3.63) is 0 Å². The van der Waals surface area contributed by atoms with Crippen molar-refractivity contribution < 1.29 is 9.53 Å². The minimum absolute atomic E-state index is 0.00917. The molecule has 0 aromatic heterocycles. The average Bonchev–Trinajstić information content (AvgIpc) is 2.27. The van der Waals surface area contributed by atoms with Crippen molar-refractivity contribution >= 4 is 5.91 Å². The first-order valence-electron chi connectivity index (χ1n) is 6.78. The summed E-state index contributed by atoms with van der Waals surface area (Å²) in [6.07, 6.45) is 6.38. The van der Waals surface area contributed by atoms with E-state index in [0.717, 1.165) is 38.5 Å². The van der Waals surface area contributed by atoms with Crippen molar-refractivity contribution in [3.8, 4) is 0 Å². The first-order chi connectivity index (χ1) is 8.11. The fourth-order valence-corrected chi connectivity index (χ4v) is 2.35. The molecule has 17 heavy (non-hydrogen) atoms. The second-order valence-electron chi connectivity index (χ2n) is 5.12. The lowest BCUT2D eigenvalue weighted by Gasteiger charge is -2.26. The van der Waals surface area contributed by atoms with E-state index in [1.165, 1.54) is 0 Å². The minimum Gasteiger partial charge on any atom is -0.368 e. The van der Waals surface area contributed by atoms with E-state index in [9.17, 15) is 4.79 Å². The number of nitrogens with one attached hydrogen (secondary N) is 1. The summed E-state index contributed by atoms with van der Waals surface area (Å²) in [6.45, 7) is 4.31. The molecule has 1 amide bonds. The molecule has 100 valence electrons. The molecule has 3 unspecified atom stereocenters. The van der Waals surface area contributed by atoms with Gasteiger partial charge in [-0.15, -0.1) is 0 Å². The predicted molar refractivity (Wildman–Crippen MR) is 68.7 cm³/mol. The van der Waals surface area contributed by atoms with E-state index in [-0.39, 0.29) is 30.7 Å². The smallest absolute Gasteiger partial charge is 0.246 e. The Morgan fingerprint density at radius 3 is 2.94 bits per heavy atom. The van der Waals surface area contributed by atoms with E-state index in [2.05, 4.69) is 12.2 Å². The molecular formula is C13H26N2O2. The molecule has 1 aliphatic rings. The molecule has 0 saturated heterocycles. The van der Waals surface area contributed by atoms with Crippen molar-refractivity contribution in [2.24, 2.45) is 5.73 Å². The summed E-state index contributed by atoms with van der Waals surface area (Å²) in [5.41, 5.74) is 5.87. The van der Waals surface area contributed by atoms with Crippen LogP contribution in [0.2, 0.25) is 0 Å². The minimum atomic E-state index is -0.00917. The van der Waals surface area contributed by atoms with Gasteiger partial charge in [0.2, 0.25) is 5.91 Å². The van der Waals surface area contributed by atoms with Gasteiger partial charge >= 0.3 is 0 Å². The average molecular weight is 242 g/mol. The van der Waals surface area contributed by atoms with E-state index in [4.69, 9.17) is 10.5 Å². The third kappa shape index (κ3) is 6.03. The molecule has 1 aliphatic carbocycles. The van der Waals surface area contributed by atoms with Gasteiger partial charge in [0.15, 0.2) is 0 Å². The second kappa shape index (κ2) is 7.67. The van der Waals surface area contributed by atoms with Gasteiger partial charge in [0.25, 0.3) is 0 Å². The highest BCUT2D eigenvalue weighted by Crippen LogP contribution is 2.19. The fourth-order valence-electron chi connectivity index (χ4n) is 2.35. The van der Waals surface area contributed by atoms with Crippen LogP contribution in [0.25, 0.3) is 0 Å². The maximum atomic E-state index is 11.6. The van der Waals surface area contributed by atoms with Gasteiger partial charge in [-0.2, -0.15) is 0 Å². The van der Waals surface area contributed by atoms with Crippen LogP contribution in [0.4, 0.5) is 0 Å². The molecule has 3 atom stereocenters. The molecule has 0 aromatic rings. The number of hydrogen-bond donors (Lipinski definition) is 2. The van der Waals surface area contributed by atoms with Gasteiger partial charge in [-0.3, -0.25) is 4.79 Å². The summed E-state index contributed by atoms with van der Waals surface area (Å²) in [4.78, 5) is 11.6. The summed E-state index contributed by atoms with van der Waals surface area (Å²) in [6, 6.07) is 0.487. The largest absolute Gasteiger partial charge is 0.368 e. The van der Waals surface area contributed by atoms with Crippen molar-refractivity contribution in [2.45, 2.75) is 70.6 Å². The quantitative estimate of drug-likeness (QED) is 0.743. The fraction of sp³-hybridized carbons (Fsp3) is 0.923. The Labute approximate surface area is 104 Å². The molecule has 0 bridgehead atoms. The molecular weight excluding hydrogens is 216 g/mol. The highest BCUT2D eigenvalue weighted by Gasteiger charge is 2.20. The molecule has 0 aliphatic heterocycles. The Bertz CT molecular complexity index is 233. The highest BCUT2D eigenvalue weighted by molar-refractivity contribution is 5.77. The van der Waals surface area contributed by atoms with Crippen LogP contribution in [-0.4, -0.2) is 30.7 Å². The maximum absolute atomic E-state index is 11.6. The molecule has 0 radical (unpaired) electrons. The molecule has 4 nitrogen and oxygen atoms in total. The summed E-state index contributed by atoms with van der Waals surface area (Å²) in [5.74, 6) is -0.00917. The predicted octanol–water partition coefficient (Wildman–Crippen LogP) is 1.58.